The molecule has 0 bridgehead atoms. The maximum absolute atomic E-state index is 12.4. The van der Waals surface area contributed by atoms with E-state index in [-0.39, 0.29) is 5.56 Å². The van der Waals surface area contributed by atoms with Crippen LogP contribution in [0.15, 0.2) is 33.5 Å². The molecular weight excluding hydrogens is 308 g/mol. The topological polar surface area (TPSA) is 85.2 Å². The summed E-state index contributed by atoms with van der Waals surface area (Å²) in [7, 11) is 0. The second-order valence-corrected chi connectivity index (χ2v) is 5.73. The van der Waals surface area contributed by atoms with Gasteiger partial charge in [-0.05, 0) is 39.8 Å². The second kappa shape index (κ2) is 5.96. The third kappa shape index (κ3) is 2.71. The zero-order valence-electron chi connectivity index (χ0n) is 14.0. The largest absolute Gasteiger partial charge is 0.465 e. The molecule has 0 saturated carbocycles. The van der Waals surface area contributed by atoms with Crippen molar-refractivity contribution in [3.8, 4) is 0 Å². The van der Waals surface area contributed by atoms with E-state index in [9.17, 15) is 9.59 Å². The lowest BCUT2D eigenvalue weighted by molar-refractivity contribution is 0.0317. The quantitative estimate of drug-likeness (QED) is 0.746. The maximum atomic E-state index is 12.4. The van der Waals surface area contributed by atoms with Gasteiger partial charge in [0.25, 0.3) is 5.56 Å². The Morgan fingerprint density at radius 3 is 2.58 bits per heavy atom. The molecule has 0 aliphatic heterocycles. The van der Waals surface area contributed by atoms with Crippen LogP contribution in [0.5, 0.6) is 0 Å². The molecule has 0 aliphatic carbocycles. The van der Waals surface area contributed by atoms with Crippen molar-refractivity contribution < 1.29 is 13.9 Å². The lowest BCUT2D eigenvalue weighted by Gasteiger charge is -2.13. The van der Waals surface area contributed by atoms with E-state index in [2.05, 4.69) is 9.97 Å². The van der Waals surface area contributed by atoms with Gasteiger partial charge in [-0.15, -0.1) is 0 Å². The van der Waals surface area contributed by atoms with Gasteiger partial charge in [-0.1, -0.05) is 12.1 Å². The molecule has 3 aromatic rings. The molecule has 1 N–H and O–H groups in total. The summed E-state index contributed by atoms with van der Waals surface area (Å²) in [5, 5.41) is 0.497. The van der Waals surface area contributed by atoms with E-state index < -0.39 is 12.1 Å². The Bertz CT molecular complexity index is 984. The minimum atomic E-state index is -0.691. The van der Waals surface area contributed by atoms with Gasteiger partial charge in [0.15, 0.2) is 11.9 Å². The van der Waals surface area contributed by atoms with Crippen molar-refractivity contribution in [3.05, 3.63) is 63.1 Å². The van der Waals surface area contributed by atoms with Gasteiger partial charge in [0.2, 0.25) is 0 Å². The SMILES string of the molecule is Cc1oc(C)c(C(=O)OC(C)c2nc3ccccc3c(=O)[nH]2)c1C. The molecule has 1 aromatic carbocycles. The van der Waals surface area contributed by atoms with Gasteiger partial charge >= 0.3 is 5.97 Å². The summed E-state index contributed by atoms with van der Waals surface area (Å²) in [4.78, 5) is 31.6. The molecule has 0 saturated heterocycles. The van der Waals surface area contributed by atoms with Crippen LogP contribution in [-0.2, 0) is 4.74 Å². The first-order valence-corrected chi connectivity index (χ1v) is 7.65. The number of hydrogen-bond acceptors (Lipinski definition) is 5. The van der Waals surface area contributed by atoms with E-state index in [1.165, 1.54) is 0 Å². The summed E-state index contributed by atoms with van der Waals surface area (Å²) >= 11 is 0. The van der Waals surface area contributed by atoms with E-state index in [0.29, 0.717) is 33.8 Å². The summed E-state index contributed by atoms with van der Waals surface area (Å²) < 4.78 is 10.9. The van der Waals surface area contributed by atoms with E-state index in [1.807, 2.05) is 6.92 Å². The van der Waals surface area contributed by atoms with Gasteiger partial charge in [0.05, 0.1) is 10.9 Å². The number of furan rings is 1. The van der Waals surface area contributed by atoms with Crippen LogP contribution in [0.2, 0.25) is 0 Å². The highest BCUT2D eigenvalue weighted by Gasteiger charge is 2.23. The molecule has 124 valence electrons. The molecular formula is C18H18N2O4. The number of nitrogens with zero attached hydrogens (tertiary/aromatic N) is 1. The third-order valence-corrected chi connectivity index (χ3v) is 4.07. The van der Waals surface area contributed by atoms with Crippen LogP contribution >= 0.6 is 0 Å². The average molecular weight is 326 g/mol. The van der Waals surface area contributed by atoms with E-state index in [4.69, 9.17) is 9.15 Å². The zero-order chi connectivity index (χ0) is 17.4. The molecule has 24 heavy (non-hydrogen) atoms. The van der Waals surface area contributed by atoms with Gasteiger partial charge in [-0.2, -0.15) is 0 Å². The standard InChI is InChI=1S/C18H18N2O4/c1-9-10(2)23-11(3)15(9)18(22)24-12(4)16-19-14-8-6-5-7-13(14)17(21)20-16/h5-8,12H,1-4H3,(H,19,20,21). The lowest BCUT2D eigenvalue weighted by Crippen LogP contribution is -2.18. The van der Waals surface area contributed by atoms with Crippen molar-refractivity contribution in [1.29, 1.82) is 0 Å². The Kier molecular flexibility index (Phi) is 3.97. The Labute approximate surface area is 138 Å². The normalized spacial score (nSPS) is 12.3. The van der Waals surface area contributed by atoms with Crippen molar-refractivity contribution in [3.63, 3.8) is 0 Å². The number of esters is 1. The highest BCUT2D eigenvalue weighted by atomic mass is 16.5. The fourth-order valence-electron chi connectivity index (χ4n) is 2.67. The fraction of sp³-hybridized carbons (Fsp3) is 0.278. The van der Waals surface area contributed by atoms with Crippen LogP contribution in [0, 0.1) is 20.8 Å². The molecule has 2 aromatic heterocycles. The lowest BCUT2D eigenvalue weighted by atomic mass is 10.1. The van der Waals surface area contributed by atoms with Crippen molar-refractivity contribution in [2.75, 3.05) is 0 Å². The number of fused-ring (bicyclic) bond motifs is 1. The van der Waals surface area contributed by atoms with Crippen LogP contribution in [-0.4, -0.2) is 15.9 Å². The first-order valence-electron chi connectivity index (χ1n) is 7.65. The van der Waals surface area contributed by atoms with Gasteiger partial charge in [-0.3, -0.25) is 4.79 Å². The molecule has 2 heterocycles. The van der Waals surface area contributed by atoms with Gasteiger partial charge in [0, 0.05) is 5.56 Å². The number of ether oxygens (including phenoxy) is 1. The minimum Gasteiger partial charge on any atom is -0.465 e. The number of hydrogen-bond donors (Lipinski definition) is 1. The smallest absolute Gasteiger partial charge is 0.342 e. The summed E-state index contributed by atoms with van der Waals surface area (Å²) in [6.45, 7) is 6.99. The van der Waals surface area contributed by atoms with E-state index in [1.54, 1.807) is 45.0 Å². The Hall–Kier alpha value is -2.89. The first-order chi connectivity index (χ1) is 11.4. The molecule has 3 rings (SSSR count). The predicted octanol–water partition coefficient (Wildman–Crippen LogP) is 3.36. The molecule has 6 heteroatoms. The molecule has 0 spiro atoms. The Morgan fingerprint density at radius 1 is 1.21 bits per heavy atom. The first kappa shape index (κ1) is 16.0. The summed E-state index contributed by atoms with van der Waals surface area (Å²) in [6, 6.07) is 7.02. The number of aromatic amines is 1. The molecule has 1 unspecified atom stereocenters. The number of benzene rings is 1. The molecule has 1 atom stereocenters. The van der Waals surface area contributed by atoms with Crippen molar-refractivity contribution in [1.82, 2.24) is 9.97 Å². The minimum absolute atomic E-state index is 0.259. The maximum Gasteiger partial charge on any atom is 0.342 e. The Morgan fingerprint density at radius 2 is 1.92 bits per heavy atom. The summed E-state index contributed by atoms with van der Waals surface area (Å²) in [5.41, 5.74) is 1.47. The average Bonchev–Trinajstić information content (AvgIpc) is 2.79. The predicted molar refractivity (Wildman–Crippen MR) is 89.1 cm³/mol. The molecule has 0 amide bonds. The van der Waals surface area contributed by atoms with Crippen LogP contribution in [0.3, 0.4) is 0 Å². The summed E-state index contributed by atoms with van der Waals surface area (Å²) in [5.74, 6) is 1.01. The molecule has 0 aliphatic rings. The molecule has 0 fully saturated rings. The number of H-pyrrole nitrogens is 1. The molecule has 6 nitrogen and oxygen atoms in total. The number of aromatic nitrogens is 2. The number of rotatable bonds is 3. The number of para-hydroxylation sites is 1. The number of aryl methyl sites for hydroxylation is 2. The number of carbonyl (C=O) groups excluding carboxylic acids is 1. The van der Waals surface area contributed by atoms with Crippen LogP contribution < -0.4 is 5.56 Å². The van der Waals surface area contributed by atoms with Crippen molar-refractivity contribution in [2.45, 2.75) is 33.8 Å². The van der Waals surface area contributed by atoms with Gasteiger partial charge in [0.1, 0.15) is 17.1 Å². The number of carbonyl (C=O) groups is 1. The van der Waals surface area contributed by atoms with E-state index >= 15 is 0 Å². The Balaban J connectivity index is 1.91. The zero-order valence-corrected chi connectivity index (χ0v) is 14.0. The van der Waals surface area contributed by atoms with Crippen LogP contribution in [0.4, 0.5) is 0 Å². The van der Waals surface area contributed by atoms with E-state index in [0.717, 1.165) is 5.56 Å². The highest BCUT2D eigenvalue weighted by molar-refractivity contribution is 5.92. The van der Waals surface area contributed by atoms with Crippen molar-refractivity contribution >= 4 is 16.9 Å². The third-order valence-electron chi connectivity index (χ3n) is 4.07. The summed E-state index contributed by atoms with van der Waals surface area (Å²) in [6.07, 6.45) is -0.691. The molecule has 0 radical (unpaired) electrons. The second-order valence-electron chi connectivity index (χ2n) is 5.73. The fourth-order valence-corrected chi connectivity index (χ4v) is 2.67. The van der Waals surface area contributed by atoms with Gasteiger partial charge < -0.3 is 14.1 Å². The van der Waals surface area contributed by atoms with Gasteiger partial charge in [-0.25, -0.2) is 9.78 Å². The number of nitrogens with one attached hydrogen (secondary N) is 1. The monoisotopic (exact) mass is 326 g/mol. The van der Waals surface area contributed by atoms with Crippen molar-refractivity contribution in [2.24, 2.45) is 0 Å². The van der Waals surface area contributed by atoms with Crippen LogP contribution in [0.1, 0.15) is 46.3 Å². The highest BCUT2D eigenvalue weighted by Crippen LogP contribution is 2.24. The van der Waals surface area contributed by atoms with Crippen LogP contribution in [0.25, 0.3) is 10.9 Å².